The van der Waals surface area contributed by atoms with Crippen molar-refractivity contribution < 1.29 is 0 Å². The van der Waals surface area contributed by atoms with Gasteiger partial charge in [-0.05, 0) is 24.3 Å². The Labute approximate surface area is 124 Å². The summed E-state index contributed by atoms with van der Waals surface area (Å²) >= 11 is 11.9. The number of hydrogen-bond donors (Lipinski definition) is 1. The summed E-state index contributed by atoms with van der Waals surface area (Å²) in [6.45, 7) is 0. The Morgan fingerprint density at radius 3 is 2.60 bits per heavy atom. The zero-order valence-electron chi connectivity index (χ0n) is 10.0. The third-order valence-electron chi connectivity index (χ3n) is 2.53. The molecule has 0 amide bonds. The van der Waals surface area contributed by atoms with Crippen molar-refractivity contribution in [3.8, 4) is 17.3 Å². The second kappa shape index (κ2) is 5.07. The van der Waals surface area contributed by atoms with E-state index in [9.17, 15) is 0 Å². The Kier molecular flexibility index (Phi) is 3.25. The highest BCUT2D eigenvalue weighted by Gasteiger charge is 2.10. The SMILES string of the molecule is Nc1nc(-c2ccc(Cl)c(Cl)c2)nc(-n2cccn2)n1. The van der Waals surface area contributed by atoms with Crippen LogP contribution in [-0.4, -0.2) is 24.7 Å². The Balaban J connectivity index is 2.12. The fraction of sp³-hybridized carbons (Fsp3) is 0. The molecule has 0 saturated heterocycles. The molecule has 3 rings (SSSR count). The number of aromatic nitrogens is 5. The summed E-state index contributed by atoms with van der Waals surface area (Å²) in [7, 11) is 0. The zero-order valence-corrected chi connectivity index (χ0v) is 11.5. The fourth-order valence-electron chi connectivity index (χ4n) is 1.63. The summed E-state index contributed by atoms with van der Waals surface area (Å²) in [5.41, 5.74) is 6.40. The first-order valence-electron chi connectivity index (χ1n) is 5.60. The smallest absolute Gasteiger partial charge is 0.255 e. The molecule has 2 heterocycles. The van der Waals surface area contributed by atoms with Gasteiger partial charge in [0.1, 0.15) is 0 Å². The molecule has 0 fully saturated rings. The van der Waals surface area contributed by atoms with Gasteiger partial charge in [-0.1, -0.05) is 23.2 Å². The van der Waals surface area contributed by atoms with Gasteiger partial charge in [-0.15, -0.1) is 0 Å². The molecule has 0 bridgehead atoms. The van der Waals surface area contributed by atoms with Crippen molar-refractivity contribution in [2.24, 2.45) is 0 Å². The summed E-state index contributed by atoms with van der Waals surface area (Å²) in [4.78, 5) is 12.4. The van der Waals surface area contributed by atoms with Gasteiger partial charge < -0.3 is 5.73 Å². The van der Waals surface area contributed by atoms with Crippen LogP contribution in [-0.2, 0) is 0 Å². The fourth-order valence-corrected chi connectivity index (χ4v) is 1.93. The maximum absolute atomic E-state index is 5.99. The Hall–Kier alpha value is -2.18. The third kappa shape index (κ3) is 2.43. The Morgan fingerprint density at radius 1 is 1.05 bits per heavy atom. The largest absolute Gasteiger partial charge is 0.368 e. The van der Waals surface area contributed by atoms with Crippen molar-refractivity contribution in [3.63, 3.8) is 0 Å². The molecule has 20 heavy (non-hydrogen) atoms. The van der Waals surface area contributed by atoms with Crippen LogP contribution in [0.2, 0.25) is 10.0 Å². The molecular weight excluding hydrogens is 299 g/mol. The molecular formula is C12H8Cl2N6. The van der Waals surface area contributed by atoms with E-state index in [0.29, 0.717) is 27.4 Å². The van der Waals surface area contributed by atoms with Crippen LogP contribution in [0.25, 0.3) is 17.3 Å². The van der Waals surface area contributed by atoms with E-state index in [-0.39, 0.29) is 5.95 Å². The summed E-state index contributed by atoms with van der Waals surface area (Å²) in [6.07, 6.45) is 3.34. The van der Waals surface area contributed by atoms with Gasteiger partial charge in [-0.25, -0.2) is 4.68 Å². The molecule has 6 nitrogen and oxygen atoms in total. The number of nitrogen functional groups attached to an aromatic ring is 1. The van der Waals surface area contributed by atoms with Gasteiger partial charge in [0.05, 0.1) is 10.0 Å². The van der Waals surface area contributed by atoms with Gasteiger partial charge in [0, 0.05) is 18.0 Å². The van der Waals surface area contributed by atoms with Crippen molar-refractivity contribution in [1.29, 1.82) is 0 Å². The summed E-state index contributed by atoms with van der Waals surface area (Å²) in [5.74, 6) is 0.844. The van der Waals surface area contributed by atoms with Gasteiger partial charge in [0.15, 0.2) is 5.82 Å². The van der Waals surface area contributed by atoms with Gasteiger partial charge in [-0.2, -0.15) is 20.1 Å². The summed E-state index contributed by atoms with van der Waals surface area (Å²) < 4.78 is 1.50. The summed E-state index contributed by atoms with van der Waals surface area (Å²) in [5, 5.41) is 4.94. The topological polar surface area (TPSA) is 82.5 Å². The van der Waals surface area contributed by atoms with Crippen LogP contribution in [0.3, 0.4) is 0 Å². The standard InChI is InChI=1S/C12H8Cl2N6/c13-8-3-2-7(6-9(8)14)10-17-11(15)19-12(18-10)20-5-1-4-16-20/h1-6H,(H2,15,17,18,19). The molecule has 3 aromatic rings. The van der Waals surface area contributed by atoms with Gasteiger partial charge in [-0.3, -0.25) is 0 Å². The average molecular weight is 307 g/mol. The maximum Gasteiger partial charge on any atom is 0.255 e. The minimum absolute atomic E-state index is 0.103. The first-order chi connectivity index (χ1) is 9.63. The molecule has 8 heteroatoms. The number of anilines is 1. The van der Waals surface area contributed by atoms with E-state index in [0.717, 1.165) is 0 Å². The van der Waals surface area contributed by atoms with E-state index in [4.69, 9.17) is 28.9 Å². The highest BCUT2D eigenvalue weighted by atomic mass is 35.5. The average Bonchev–Trinajstić information content (AvgIpc) is 2.95. The van der Waals surface area contributed by atoms with Gasteiger partial charge in [0.2, 0.25) is 5.95 Å². The number of nitrogens with two attached hydrogens (primary N) is 1. The number of benzene rings is 1. The lowest BCUT2D eigenvalue weighted by atomic mass is 10.2. The van der Waals surface area contributed by atoms with Gasteiger partial charge in [0.25, 0.3) is 5.95 Å². The molecule has 1 aromatic carbocycles. The maximum atomic E-state index is 5.99. The van der Waals surface area contributed by atoms with Crippen LogP contribution in [0.1, 0.15) is 0 Å². The van der Waals surface area contributed by atoms with E-state index in [1.807, 2.05) is 0 Å². The van der Waals surface area contributed by atoms with E-state index in [1.54, 1.807) is 36.7 Å². The van der Waals surface area contributed by atoms with E-state index in [2.05, 4.69) is 20.1 Å². The lowest BCUT2D eigenvalue weighted by Crippen LogP contribution is -2.07. The molecule has 100 valence electrons. The molecule has 0 spiro atoms. The molecule has 0 aliphatic heterocycles. The molecule has 0 saturated carbocycles. The monoisotopic (exact) mass is 306 g/mol. The first-order valence-corrected chi connectivity index (χ1v) is 6.36. The van der Waals surface area contributed by atoms with Crippen LogP contribution < -0.4 is 5.73 Å². The van der Waals surface area contributed by atoms with Crippen molar-refractivity contribution in [1.82, 2.24) is 24.7 Å². The van der Waals surface area contributed by atoms with Crippen molar-refractivity contribution >= 4 is 29.2 Å². The highest BCUT2D eigenvalue weighted by Crippen LogP contribution is 2.27. The number of rotatable bonds is 2. The molecule has 0 unspecified atom stereocenters. The zero-order chi connectivity index (χ0) is 14.1. The predicted molar refractivity (Wildman–Crippen MR) is 76.8 cm³/mol. The third-order valence-corrected chi connectivity index (χ3v) is 3.27. The second-order valence-electron chi connectivity index (χ2n) is 3.90. The molecule has 0 atom stereocenters. The van der Waals surface area contributed by atoms with Crippen LogP contribution >= 0.6 is 23.2 Å². The Morgan fingerprint density at radius 2 is 1.90 bits per heavy atom. The number of nitrogens with zero attached hydrogens (tertiary/aromatic N) is 5. The van der Waals surface area contributed by atoms with E-state index >= 15 is 0 Å². The predicted octanol–water partition coefficient (Wildman–Crippen LogP) is 2.61. The van der Waals surface area contributed by atoms with Crippen molar-refractivity contribution in [2.45, 2.75) is 0 Å². The minimum atomic E-state index is 0.103. The van der Waals surface area contributed by atoms with Crippen LogP contribution in [0.15, 0.2) is 36.7 Å². The quantitative estimate of drug-likeness (QED) is 0.787. The summed E-state index contributed by atoms with van der Waals surface area (Å²) in [6, 6.07) is 6.87. The normalized spacial score (nSPS) is 10.7. The van der Waals surface area contributed by atoms with Crippen LogP contribution in [0, 0.1) is 0 Å². The second-order valence-corrected chi connectivity index (χ2v) is 4.71. The first kappa shape index (κ1) is 12.8. The molecule has 2 aromatic heterocycles. The number of hydrogen-bond acceptors (Lipinski definition) is 5. The lowest BCUT2D eigenvalue weighted by molar-refractivity contribution is 0.801. The number of halogens is 2. The molecule has 0 aliphatic rings. The Bertz CT molecular complexity index is 757. The highest BCUT2D eigenvalue weighted by molar-refractivity contribution is 6.42. The molecule has 0 radical (unpaired) electrons. The minimum Gasteiger partial charge on any atom is -0.368 e. The van der Waals surface area contributed by atoms with Crippen molar-refractivity contribution in [2.75, 3.05) is 5.73 Å². The van der Waals surface area contributed by atoms with E-state index in [1.165, 1.54) is 4.68 Å². The molecule has 0 aliphatic carbocycles. The van der Waals surface area contributed by atoms with Crippen LogP contribution in [0.5, 0.6) is 0 Å². The van der Waals surface area contributed by atoms with Crippen molar-refractivity contribution in [3.05, 3.63) is 46.7 Å². The lowest BCUT2D eigenvalue weighted by Gasteiger charge is -2.05. The van der Waals surface area contributed by atoms with E-state index < -0.39 is 0 Å². The van der Waals surface area contributed by atoms with Crippen LogP contribution in [0.4, 0.5) is 5.95 Å². The van der Waals surface area contributed by atoms with Gasteiger partial charge >= 0.3 is 0 Å². The molecule has 2 N–H and O–H groups in total.